The zero-order valence-electron chi connectivity index (χ0n) is 15.6. The molecule has 2 heterocycles. The number of carbonyl (C=O) groups is 2. The third-order valence-corrected chi connectivity index (χ3v) is 5.46. The van der Waals surface area contributed by atoms with Crippen LogP contribution in [0.15, 0.2) is 53.7 Å². The minimum Gasteiger partial charge on any atom is -0.339 e. The third-order valence-electron chi connectivity index (χ3n) is 4.54. The molecular weight excluding hydrogens is 372 g/mol. The van der Waals surface area contributed by atoms with E-state index < -0.39 is 0 Å². The lowest BCUT2D eigenvalue weighted by molar-refractivity contribution is -0.116. The smallest absolute Gasteiger partial charge is 0.255 e. The molecule has 144 valence electrons. The number of nitrogens with zero attached hydrogens (tertiary/aromatic N) is 4. The fourth-order valence-corrected chi connectivity index (χ4v) is 3.79. The second-order valence-electron chi connectivity index (χ2n) is 6.46. The number of carbonyl (C=O) groups excluding carboxylic acids is 2. The van der Waals surface area contributed by atoms with E-state index in [4.69, 9.17) is 5.26 Å². The second kappa shape index (κ2) is 9.90. The molecule has 1 aromatic heterocycles. The normalized spacial score (nSPS) is 13.2. The van der Waals surface area contributed by atoms with Crippen LogP contribution in [0, 0.1) is 11.3 Å². The van der Waals surface area contributed by atoms with Gasteiger partial charge in [0.15, 0.2) is 0 Å². The molecule has 0 unspecified atom stereocenters. The molecule has 1 saturated heterocycles. The van der Waals surface area contributed by atoms with Crippen molar-refractivity contribution in [1.29, 1.82) is 5.26 Å². The summed E-state index contributed by atoms with van der Waals surface area (Å²) in [5.74, 6) is 0.155. The molecule has 3 rings (SSSR count). The summed E-state index contributed by atoms with van der Waals surface area (Å²) in [6.07, 6.45) is 3.97. The Morgan fingerprint density at radius 2 is 1.89 bits per heavy atom. The minimum absolute atomic E-state index is 0.0179. The van der Waals surface area contributed by atoms with Gasteiger partial charge in [-0.1, -0.05) is 30.0 Å². The molecule has 0 atom stereocenters. The number of aromatic nitrogens is 1. The predicted molar refractivity (Wildman–Crippen MR) is 109 cm³/mol. The highest BCUT2D eigenvalue weighted by molar-refractivity contribution is 7.99. The van der Waals surface area contributed by atoms with Crippen molar-refractivity contribution in [3.63, 3.8) is 0 Å². The van der Waals surface area contributed by atoms with E-state index in [1.54, 1.807) is 23.2 Å². The maximum absolute atomic E-state index is 12.7. The average molecular weight is 395 g/mol. The standard InChI is InChI=1S/C21H22N4O2S/c22-11-6-14-25(18-7-2-1-3-8-18)20(26)16-28-19-10-9-17(15-23-19)21(27)24-12-4-5-13-24/h1-3,7-10,15H,4-6,12-14,16H2. The van der Waals surface area contributed by atoms with Crippen LogP contribution in [-0.4, -0.2) is 47.1 Å². The highest BCUT2D eigenvalue weighted by Gasteiger charge is 2.20. The van der Waals surface area contributed by atoms with Gasteiger partial charge in [-0.2, -0.15) is 5.26 Å². The number of rotatable bonds is 7. The van der Waals surface area contributed by atoms with E-state index in [9.17, 15) is 9.59 Å². The van der Waals surface area contributed by atoms with E-state index >= 15 is 0 Å². The summed E-state index contributed by atoms with van der Waals surface area (Å²) in [6.45, 7) is 1.97. The van der Waals surface area contributed by atoms with E-state index in [0.29, 0.717) is 17.1 Å². The van der Waals surface area contributed by atoms with Gasteiger partial charge in [-0.05, 0) is 37.1 Å². The van der Waals surface area contributed by atoms with Crippen LogP contribution in [-0.2, 0) is 4.79 Å². The summed E-state index contributed by atoms with van der Waals surface area (Å²) in [5, 5.41) is 9.56. The quantitative estimate of drug-likeness (QED) is 0.673. The van der Waals surface area contributed by atoms with Crippen molar-refractivity contribution >= 4 is 29.3 Å². The van der Waals surface area contributed by atoms with Gasteiger partial charge in [-0.15, -0.1) is 0 Å². The Labute approximate surface area is 169 Å². The van der Waals surface area contributed by atoms with Crippen LogP contribution in [0.25, 0.3) is 0 Å². The monoisotopic (exact) mass is 394 g/mol. The van der Waals surface area contributed by atoms with E-state index in [1.807, 2.05) is 35.2 Å². The van der Waals surface area contributed by atoms with Gasteiger partial charge < -0.3 is 9.80 Å². The van der Waals surface area contributed by atoms with Crippen molar-refractivity contribution in [1.82, 2.24) is 9.88 Å². The number of amides is 2. The van der Waals surface area contributed by atoms with E-state index in [-0.39, 0.29) is 24.0 Å². The molecule has 28 heavy (non-hydrogen) atoms. The van der Waals surface area contributed by atoms with Crippen LogP contribution in [0.5, 0.6) is 0 Å². The number of hydrogen-bond donors (Lipinski definition) is 0. The van der Waals surface area contributed by atoms with Crippen molar-refractivity contribution < 1.29 is 9.59 Å². The highest BCUT2D eigenvalue weighted by atomic mass is 32.2. The van der Waals surface area contributed by atoms with Crippen molar-refractivity contribution in [2.45, 2.75) is 24.3 Å². The molecule has 2 aromatic rings. The van der Waals surface area contributed by atoms with Gasteiger partial charge in [0.25, 0.3) is 5.91 Å². The lowest BCUT2D eigenvalue weighted by atomic mass is 10.2. The van der Waals surface area contributed by atoms with Gasteiger partial charge >= 0.3 is 0 Å². The lowest BCUT2D eigenvalue weighted by Crippen LogP contribution is -2.33. The maximum atomic E-state index is 12.7. The maximum Gasteiger partial charge on any atom is 0.255 e. The molecule has 1 fully saturated rings. The number of nitriles is 1. The molecule has 1 aliphatic heterocycles. The zero-order valence-corrected chi connectivity index (χ0v) is 16.4. The van der Waals surface area contributed by atoms with Gasteiger partial charge in [-0.3, -0.25) is 9.59 Å². The molecule has 0 saturated carbocycles. The van der Waals surface area contributed by atoms with Crippen LogP contribution in [0.4, 0.5) is 5.69 Å². The number of benzene rings is 1. The highest BCUT2D eigenvalue weighted by Crippen LogP contribution is 2.20. The summed E-state index contributed by atoms with van der Waals surface area (Å²) in [6, 6.07) is 15.0. The van der Waals surface area contributed by atoms with Crippen molar-refractivity contribution in [3.05, 3.63) is 54.2 Å². The Kier molecular flexibility index (Phi) is 7.04. The largest absolute Gasteiger partial charge is 0.339 e. The summed E-state index contributed by atoms with van der Waals surface area (Å²) in [5.41, 5.74) is 1.36. The molecule has 1 aromatic carbocycles. The summed E-state index contributed by atoms with van der Waals surface area (Å²) < 4.78 is 0. The Hall–Kier alpha value is -2.85. The molecule has 0 spiro atoms. The Bertz CT molecular complexity index is 843. The number of anilines is 1. The number of likely N-dealkylation sites (tertiary alicyclic amines) is 1. The molecule has 7 heteroatoms. The molecular formula is C21H22N4O2S. The summed E-state index contributed by atoms with van der Waals surface area (Å²) in [7, 11) is 0. The van der Waals surface area contributed by atoms with Crippen molar-refractivity contribution in [3.8, 4) is 6.07 Å². The van der Waals surface area contributed by atoms with E-state index in [2.05, 4.69) is 11.1 Å². The molecule has 0 N–H and O–H groups in total. The second-order valence-corrected chi connectivity index (χ2v) is 7.46. The first kappa shape index (κ1) is 19.9. The zero-order chi connectivity index (χ0) is 19.8. The van der Waals surface area contributed by atoms with Gasteiger partial charge in [0.05, 0.1) is 28.8 Å². The first-order valence-electron chi connectivity index (χ1n) is 9.29. The summed E-state index contributed by atoms with van der Waals surface area (Å²) >= 11 is 1.33. The first-order valence-corrected chi connectivity index (χ1v) is 10.3. The van der Waals surface area contributed by atoms with Crippen molar-refractivity contribution in [2.75, 3.05) is 30.3 Å². The lowest BCUT2D eigenvalue weighted by Gasteiger charge is -2.21. The van der Waals surface area contributed by atoms with Crippen molar-refractivity contribution in [2.24, 2.45) is 0 Å². The Balaban J connectivity index is 1.59. The van der Waals surface area contributed by atoms with Gasteiger partial charge in [-0.25, -0.2) is 4.98 Å². The molecule has 0 bridgehead atoms. The first-order chi connectivity index (χ1) is 13.7. The SMILES string of the molecule is N#CCCN(C(=O)CSc1ccc(C(=O)N2CCCC2)cn1)c1ccccc1. The Morgan fingerprint density at radius 3 is 2.54 bits per heavy atom. The molecule has 2 amide bonds. The molecule has 0 radical (unpaired) electrons. The van der Waals surface area contributed by atoms with Crippen LogP contribution < -0.4 is 4.90 Å². The van der Waals surface area contributed by atoms with E-state index in [1.165, 1.54) is 11.8 Å². The van der Waals surface area contributed by atoms with Gasteiger partial charge in [0.2, 0.25) is 5.91 Å². The average Bonchev–Trinajstić information content (AvgIpc) is 3.28. The number of para-hydroxylation sites is 1. The van der Waals surface area contributed by atoms with Crippen LogP contribution >= 0.6 is 11.8 Å². The molecule has 1 aliphatic rings. The fraction of sp³-hybridized carbons (Fsp3) is 0.333. The topological polar surface area (TPSA) is 77.3 Å². The summed E-state index contributed by atoms with van der Waals surface area (Å²) in [4.78, 5) is 32.8. The predicted octanol–water partition coefficient (Wildman–Crippen LogP) is 3.36. The van der Waals surface area contributed by atoms with Gasteiger partial charge in [0.1, 0.15) is 0 Å². The van der Waals surface area contributed by atoms with Crippen LogP contribution in [0.3, 0.4) is 0 Å². The van der Waals surface area contributed by atoms with E-state index in [0.717, 1.165) is 31.6 Å². The van der Waals surface area contributed by atoms with Gasteiger partial charge in [0, 0.05) is 31.5 Å². The van der Waals surface area contributed by atoms with Crippen LogP contribution in [0.1, 0.15) is 29.6 Å². The number of hydrogen-bond acceptors (Lipinski definition) is 5. The minimum atomic E-state index is -0.0783. The molecule has 0 aliphatic carbocycles. The number of pyridine rings is 1. The fourth-order valence-electron chi connectivity index (χ4n) is 3.08. The molecule has 6 nitrogen and oxygen atoms in total. The Morgan fingerprint density at radius 1 is 1.14 bits per heavy atom. The third kappa shape index (κ3) is 5.11. The number of thioether (sulfide) groups is 1. The van der Waals surface area contributed by atoms with Crippen LogP contribution in [0.2, 0.25) is 0 Å².